The summed E-state index contributed by atoms with van der Waals surface area (Å²) in [4.78, 5) is 21.8. The molecule has 4 rings (SSSR count). The second-order valence-corrected chi connectivity index (χ2v) is 11.7. The fraction of sp³-hybridized carbons (Fsp3) is 0.625. The molecule has 3 heterocycles. The van der Waals surface area contributed by atoms with Gasteiger partial charge in [-0.05, 0) is 75.2 Å². The van der Waals surface area contributed by atoms with E-state index in [1.807, 2.05) is 21.7 Å². The van der Waals surface area contributed by atoms with Crippen LogP contribution >= 0.6 is 0 Å². The van der Waals surface area contributed by atoms with Crippen LogP contribution in [0.3, 0.4) is 0 Å². The first-order valence-corrected chi connectivity index (χ1v) is 14.3. The van der Waals surface area contributed by atoms with Gasteiger partial charge in [0.05, 0.1) is 18.1 Å². The first-order valence-electron chi connectivity index (χ1n) is 12.4. The van der Waals surface area contributed by atoms with Crippen LogP contribution in [0.1, 0.15) is 43.7 Å². The maximum Gasteiger partial charge on any atom is 0.490 e. The number of aliphatic carboxylic acids is 2. The van der Waals surface area contributed by atoms with Crippen molar-refractivity contribution >= 4 is 32.7 Å². The molecule has 1 aromatic carbocycles. The lowest BCUT2D eigenvalue weighted by Gasteiger charge is -2.31. The molecule has 0 amide bonds. The lowest BCUT2D eigenvalue weighted by molar-refractivity contribution is -0.192. The number of nitrogens with zero attached hydrogens (tertiary/aromatic N) is 3. The second kappa shape index (κ2) is 12.4. The Hall–Kier alpha value is -2.71. The Morgan fingerprint density at radius 2 is 1.71 bits per heavy atom. The molecule has 0 saturated carbocycles. The van der Waals surface area contributed by atoms with Crippen molar-refractivity contribution in [2.45, 2.75) is 55.8 Å². The highest BCUT2D eigenvalue weighted by molar-refractivity contribution is 7.90. The Kier molecular flexibility index (Phi) is 9.76. The average Bonchev–Trinajstić information content (AvgIpc) is 3.23. The lowest BCUT2D eigenvalue weighted by atomic mass is 9.91. The van der Waals surface area contributed by atoms with Crippen molar-refractivity contribution < 1.29 is 41.4 Å². The highest BCUT2D eigenvalue weighted by Gasteiger charge is 2.38. The molecule has 10 nitrogen and oxygen atoms in total. The standard InChI is InChI=1S/C22H32N4O4S.C2HF3O2/c1-31(29,30)22-19-14-17(3-2-16-6-10-23-11-7-16)4-5-20(19)26(24-22)18-8-12-25(13-9-18)15-21(27)28;3-2(4,5)1(6)7/h4-5,14,16,18,23H,2-3,6-13,15H2,1H3,(H,27,28);(H,6,7). The van der Waals surface area contributed by atoms with Crippen LogP contribution in [0.2, 0.25) is 0 Å². The molecule has 2 aromatic rings. The molecule has 0 aliphatic carbocycles. The van der Waals surface area contributed by atoms with Gasteiger partial charge in [0.15, 0.2) is 14.9 Å². The number of carbonyl (C=O) groups is 2. The van der Waals surface area contributed by atoms with E-state index >= 15 is 0 Å². The van der Waals surface area contributed by atoms with Gasteiger partial charge in [0.25, 0.3) is 0 Å². The number of aromatic nitrogens is 2. The van der Waals surface area contributed by atoms with Gasteiger partial charge in [-0.25, -0.2) is 13.2 Å². The van der Waals surface area contributed by atoms with E-state index in [0.717, 1.165) is 55.8 Å². The summed E-state index contributed by atoms with van der Waals surface area (Å²) in [6.45, 7) is 3.54. The van der Waals surface area contributed by atoms with Crippen LogP contribution in [0.25, 0.3) is 10.9 Å². The van der Waals surface area contributed by atoms with Crippen molar-refractivity contribution in [1.82, 2.24) is 20.0 Å². The van der Waals surface area contributed by atoms with Crippen LogP contribution in [0, 0.1) is 5.92 Å². The quantitative estimate of drug-likeness (QED) is 0.464. The van der Waals surface area contributed by atoms with E-state index in [4.69, 9.17) is 15.0 Å². The van der Waals surface area contributed by atoms with Crippen molar-refractivity contribution in [3.8, 4) is 0 Å². The molecule has 1 aromatic heterocycles. The molecule has 2 saturated heterocycles. The average molecular weight is 563 g/mol. The lowest BCUT2D eigenvalue weighted by Crippen LogP contribution is -2.38. The third-order valence-electron chi connectivity index (χ3n) is 6.89. The van der Waals surface area contributed by atoms with Crippen molar-refractivity contribution in [3.63, 3.8) is 0 Å². The zero-order valence-corrected chi connectivity index (χ0v) is 21.9. The number of nitrogens with one attached hydrogen (secondary N) is 1. The predicted molar refractivity (Wildman–Crippen MR) is 133 cm³/mol. The maximum atomic E-state index is 12.5. The van der Waals surface area contributed by atoms with Crippen molar-refractivity contribution in [2.24, 2.45) is 5.92 Å². The first-order chi connectivity index (χ1) is 17.8. The monoisotopic (exact) mass is 562 g/mol. The number of aryl methyl sites for hydroxylation is 1. The Morgan fingerprint density at radius 1 is 1.11 bits per heavy atom. The largest absolute Gasteiger partial charge is 0.490 e. The number of hydrogen-bond donors (Lipinski definition) is 3. The summed E-state index contributed by atoms with van der Waals surface area (Å²) >= 11 is 0. The van der Waals surface area contributed by atoms with Gasteiger partial charge in [0.2, 0.25) is 0 Å². The molecule has 0 spiro atoms. The Morgan fingerprint density at radius 3 is 2.24 bits per heavy atom. The van der Waals surface area contributed by atoms with Crippen molar-refractivity contribution in [2.75, 3.05) is 39.0 Å². The third-order valence-corrected chi connectivity index (χ3v) is 7.90. The number of carboxylic acid groups (broad SMARTS) is 2. The highest BCUT2D eigenvalue weighted by Crippen LogP contribution is 2.31. The van der Waals surface area contributed by atoms with E-state index in [1.165, 1.54) is 19.1 Å². The minimum absolute atomic E-state index is 0.0432. The van der Waals surface area contributed by atoms with Crippen LogP contribution in [-0.2, 0) is 25.8 Å². The SMILES string of the molecule is CS(=O)(=O)c1nn(C2CCN(CC(=O)O)CC2)c2ccc(CCC3CCNCC3)cc12.O=C(O)C(F)(F)F. The molecule has 2 aliphatic heterocycles. The van der Waals surface area contributed by atoms with Gasteiger partial charge in [-0.15, -0.1) is 0 Å². The summed E-state index contributed by atoms with van der Waals surface area (Å²) in [6, 6.07) is 6.20. The van der Waals surface area contributed by atoms with E-state index in [1.54, 1.807) is 0 Å². The van der Waals surface area contributed by atoms with Gasteiger partial charge in [-0.2, -0.15) is 18.3 Å². The number of halogens is 3. The number of fused-ring (bicyclic) bond motifs is 1. The molecule has 3 N–H and O–H groups in total. The Bertz CT molecular complexity index is 1230. The summed E-state index contributed by atoms with van der Waals surface area (Å²) in [5, 5.41) is 24.9. The van der Waals surface area contributed by atoms with E-state index in [9.17, 15) is 26.4 Å². The summed E-state index contributed by atoms with van der Waals surface area (Å²) < 4.78 is 58.6. The minimum Gasteiger partial charge on any atom is -0.480 e. The van der Waals surface area contributed by atoms with Crippen molar-refractivity contribution in [3.05, 3.63) is 23.8 Å². The normalized spacial score (nSPS) is 18.2. The first kappa shape index (κ1) is 29.8. The number of alkyl halides is 3. The topological polar surface area (TPSA) is 142 Å². The number of benzene rings is 1. The Labute approximate surface area is 218 Å². The highest BCUT2D eigenvalue weighted by atomic mass is 32.2. The zero-order chi connectivity index (χ0) is 28.1. The second-order valence-electron chi connectivity index (χ2n) is 9.81. The van der Waals surface area contributed by atoms with Gasteiger partial charge < -0.3 is 15.5 Å². The summed E-state index contributed by atoms with van der Waals surface area (Å²) in [5.41, 5.74) is 2.01. The molecule has 0 atom stereocenters. The fourth-order valence-electron chi connectivity index (χ4n) is 4.92. The molecule has 212 valence electrons. The van der Waals surface area contributed by atoms with Gasteiger partial charge in [-0.3, -0.25) is 14.4 Å². The van der Waals surface area contributed by atoms with E-state index < -0.39 is 28.0 Å². The number of rotatable bonds is 7. The van der Waals surface area contributed by atoms with E-state index in [0.29, 0.717) is 18.5 Å². The van der Waals surface area contributed by atoms with E-state index in [2.05, 4.69) is 16.5 Å². The van der Waals surface area contributed by atoms with Crippen LogP contribution in [0.5, 0.6) is 0 Å². The maximum absolute atomic E-state index is 12.5. The number of carboxylic acids is 2. The minimum atomic E-state index is -5.08. The smallest absolute Gasteiger partial charge is 0.480 e. The van der Waals surface area contributed by atoms with Gasteiger partial charge >= 0.3 is 18.1 Å². The molecule has 0 unspecified atom stereocenters. The van der Waals surface area contributed by atoms with Crippen LogP contribution in [0.4, 0.5) is 13.2 Å². The molecular formula is C24H33F3N4O6S. The van der Waals surface area contributed by atoms with Crippen molar-refractivity contribution in [1.29, 1.82) is 0 Å². The van der Waals surface area contributed by atoms with E-state index in [-0.39, 0.29) is 17.6 Å². The van der Waals surface area contributed by atoms with Gasteiger partial charge in [0.1, 0.15) is 0 Å². The number of likely N-dealkylation sites (tertiary alicyclic amines) is 1. The predicted octanol–water partition coefficient (Wildman–Crippen LogP) is 2.73. The van der Waals surface area contributed by atoms with Crippen LogP contribution in [0.15, 0.2) is 23.2 Å². The van der Waals surface area contributed by atoms with Gasteiger partial charge in [-0.1, -0.05) is 6.07 Å². The summed E-state index contributed by atoms with van der Waals surface area (Å²) in [6.07, 6.45) is 2.12. The zero-order valence-electron chi connectivity index (χ0n) is 21.1. The molecule has 38 heavy (non-hydrogen) atoms. The summed E-state index contributed by atoms with van der Waals surface area (Å²) in [7, 11) is -3.45. The number of piperidine rings is 2. The number of hydrogen-bond acceptors (Lipinski definition) is 7. The fourth-order valence-corrected chi connectivity index (χ4v) is 5.72. The third kappa shape index (κ3) is 8.14. The van der Waals surface area contributed by atoms with Crippen LogP contribution in [-0.4, -0.2) is 90.4 Å². The summed E-state index contributed by atoms with van der Waals surface area (Å²) in [5.74, 6) is -2.85. The molecule has 2 aliphatic rings. The number of sulfone groups is 1. The van der Waals surface area contributed by atoms with Gasteiger partial charge in [0, 0.05) is 24.7 Å². The van der Waals surface area contributed by atoms with Crippen LogP contribution < -0.4 is 5.32 Å². The molecular weight excluding hydrogens is 529 g/mol. The molecule has 0 radical (unpaired) electrons. The molecule has 0 bridgehead atoms. The molecule has 2 fully saturated rings. The molecule has 14 heteroatoms. The Balaban J connectivity index is 0.000000505.